The molecule has 6 heteroatoms. The SMILES string of the molecule is O=C(Cc1noc(CC2(O)CCCC2)n1)Nc1ccccc1. The number of anilines is 1. The molecule has 22 heavy (non-hydrogen) atoms. The number of nitrogens with zero attached hydrogens (tertiary/aromatic N) is 2. The first-order chi connectivity index (χ1) is 10.6. The van der Waals surface area contributed by atoms with Crippen LogP contribution in [0.15, 0.2) is 34.9 Å². The topological polar surface area (TPSA) is 88.2 Å². The van der Waals surface area contributed by atoms with Crippen LogP contribution in [0.1, 0.15) is 37.4 Å². The van der Waals surface area contributed by atoms with Crippen LogP contribution in [0.5, 0.6) is 0 Å². The van der Waals surface area contributed by atoms with Crippen molar-refractivity contribution in [3.8, 4) is 0 Å². The molecule has 1 aromatic heterocycles. The molecule has 2 aromatic rings. The van der Waals surface area contributed by atoms with E-state index in [4.69, 9.17) is 4.52 Å². The van der Waals surface area contributed by atoms with Gasteiger partial charge in [0.15, 0.2) is 5.82 Å². The number of hydrogen-bond acceptors (Lipinski definition) is 5. The highest BCUT2D eigenvalue weighted by atomic mass is 16.5. The molecule has 0 radical (unpaired) electrons. The Morgan fingerprint density at radius 1 is 1.27 bits per heavy atom. The molecule has 1 aliphatic rings. The number of nitrogens with one attached hydrogen (secondary N) is 1. The van der Waals surface area contributed by atoms with Crippen molar-refractivity contribution in [2.45, 2.75) is 44.1 Å². The lowest BCUT2D eigenvalue weighted by atomic mass is 9.98. The van der Waals surface area contributed by atoms with Crippen LogP contribution in [0.4, 0.5) is 5.69 Å². The number of para-hydroxylation sites is 1. The van der Waals surface area contributed by atoms with Gasteiger partial charge in [0.05, 0.1) is 18.4 Å². The maximum atomic E-state index is 11.9. The van der Waals surface area contributed by atoms with Gasteiger partial charge in [-0.25, -0.2) is 0 Å². The zero-order chi connectivity index (χ0) is 15.4. The van der Waals surface area contributed by atoms with Crippen molar-refractivity contribution in [1.29, 1.82) is 0 Å². The summed E-state index contributed by atoms with van der Waals surface area (Å²) in [5, 5.41) is 16.9. The quantitative estimate of drug-likeness (QED) is 0.883. The summed E-state index contributed by atoms with van der Waals surface area (Å²) in [6, 6.07) is 9.22. The molecule has 0 bridgehead atoms. The fourth-order valence-corrected chi connectivity index (χ4v) is 2.80. The van der Waals surface area contributed by atoms with Crippen molar-refractivity contribution in [2.24, 2.45) is 0 Å². The van der Waals surface area contributed by atoms with E-state index in [0.717, 1.165) is 31.4 Å². The number of rotatable bonds is 5. The Bertz CT molecular complexity index is 633. The summed E-state index contributed by atoms with van der Waals surface area (Å²) in [5.41, 5.74) is 0.00677. The maximum absolute atomic E-state index is 11.9. The summed E-state index contributed by atoms with van der Waals surface area (Å²) in [7, 11) is 0. The van der Waals surface area contributed by atoms with Gasteiger partial charge in [0.25, 0.3) is 0 Å². The van der Waals surface area contributed by atoms with E-state index in [-0.39, 0.29) is 12.3 Å². The Labute approximate surface area is 128 Å². The number of carbonyl (C=O) groups is 1. The Hall–Kier alpha value is -2.21. The van der Waals surface area contributed by atoms with Gasteiger partial charge in [0, 0.05) is 5.69 Å². The lowest BCUT2D eigenvalue weighted by molar-refractivity contribution is -0.115. The standard InChI is InChI=1S/C16H19N3O3/c20-14(17-12-6-2-1-3-7-12)10-13-18-15(22-19-13)11-16(21)8-4-5-9-16/h1-3,6-7,21H,4-5,8-11H2,(H,17,20). The van der Waals surface area contributed by atoms with Crippen LogP contribution < -0.4 is 5.32 Å². The number of hydrogen-bond donors (Lipinski definition) is 2. The molecule has 116 valence electrons. The fraction of sp³-hybridized carbons (Fsp3) is 0.438. The summed E-state index contributed by atoms with van der Waals surface area (Å²) in [6.45, 7) is 0. The molecule has 1 saturated carbocycles. The summed E-state index contributed by atoms with van der Waals surface area (Å²) in [4.78, 5) is 16.1. The zero-order valence-electron chi connectivity index (χ0n) is 12.3. The summed E-state index contributed by atoms with van der Waals surface area (Å²) < 4.78 is 5.14. The molecular weight excluding hydrogens is 282 g/mol. The predicted octanol–water partition coefficient (Wildman–Crippen LogP) is 2.10. The minimum Gasteiger partial charge on any atom is -0.389 e. The van der Waals surface area contributed by atoms with E-state index >= 15 is 0 Å². The van der Waals surface area contributed by atoms with Crippen LogP contribution in [-0.2, 0) is 17.6 Å². The van der Waals surface area contributed by atoms with Crippen molar-refractivity contribution in [3.63, 3.8) is 0 Å². The van der Waals surface area contributed by atoms with E-state index in [1.165, 1.54) is 0 Å². The first-order valence-corrected chi connectivity index (χ1v) is 7.52. The Morgan fingerprint density at radius 3 is 2.73 bits per heavy atom. The van der Waals surface area contributed by atoms with E-state index in [2.05, 4.69) is 15.5 Å². The van der Waals surface area contributed by atoms with E-state index < -0.39 is 5.60 Å². The summed E-state index contributed by atoms with van der Waals surface area (Å²) in [5.74, 6) is 0.537. The Balaban J connectivity index is 1.56. The van der Waals surface area contributed by atoms with Crippen LogP contribution in [0.25, 0.3) is 0 Å². The molecule has 1 aliphatic carbocycles. The molecule has 0 saturated heterocycles. The van der Waals surface area contributed by atoms with Gasteiger partial charge < -0.3 is 14.9 Å². The van der Waals surface area contributed by atoms with E-state index in [1.807, 2.05) is 30.3 Å². The average Bonchev–Trinajstić information content (AvgIpc) is 3.10. The van der Waals surface area contributed by atoms with Gasteiger partial charge >= 0.3 is 0 Å². The highest BCUT2D eigenvalue weighted by Crippen LogP contribution is 2.32. The molecule has 1 aromatic carbocycles. The second-order valence-corrected chi connectivity index (χ2v) is 5.80. The Kier molecular flexibility index (Phi) is 4.20. The lowest BCUT2D eigenvalue weighted by Gasteiger charge is -2.18. The van der Waals surface area contributed by atoms with Crippen LogP contribution in [0.2, 0.25) is 0 Å². The monoisotopic (exact) mass is 301 g/mol. The molecular formula is C16H19N3O3. The first-order valence-electron chi connectivity index (χ1n) is 7.52. The lowest BCUT2D eigenvalue weighted by Crippen LogP contribution is -2.27. The fourth-order valence-electron chi connectivity index (χ4n) is 2.80. The smallest absolute Gasteiger partial charge is 0.232 e. The third kappa shape index (κ3) is 3.71. The number of amides is 1. The molecule has 2 N–H and O–H groups in total. The van der Waals surface area contributed by atoms with Gasteiger partial charge in [0.2, 0.25) is 11.8 Å². The molecule has 0 unspecified atom stereocenters. The minimum atomic E-state index is -0.726. The third-order valence-corrected chi connectivity index (χ3v) is 3.90. The van der Waals surface area contributed by atoms with Crippen LogP contribution >= 0.6 is 0 Å². The minimum absolute atomic E-state index is 0.0524. The molecule has 0 atom stereocenters. The molecule has 0 spiro atoms. The third-order valence-electron chi connectivity index (χ3n) is 3.90. The number of benzene rings is 1. The number of carbonyl (C=O) groups excluding carboxylic acids is 1. The van der Waals surface area contributed by atoms with Gasteiger partial charge in [-0.3, -0.25) is 4.79 Å². The highest BCUT2D eigenvalue weighted by Gasteiger charge is 2.33. The van der Waals surface area contributed by atoms with Crippen molar-refractivity contribution < 1.29 is 14.4 Å². The van der Waals surface area contributed by atoms with Crippen LogP contribution in [0, 0.1) is 0 Å². The largest absolute Gasteiger partial charge is 0.389 e. The van der Waals surface area contributed by atoms with Gasteiger partial charge in [-0.1, -0.05) is 36.2 Å². The number of aromatic nitrogens is 2. The van der Waals surface area contributed by atoms with Crippen molar-refractivity contribution in [1.82, 2.24) is 10.1 Å². The molecule has 0 aliphatic heterocycles. The molecule has 1 fully saturated rings. The van der Waals surface area contributed by atoms with E-state index in [9.17, 15) is 9.90 Å². The second kappa shape index (κ2) is 6.27. The van der Waals surface area contributed by atoms with E-state index in [0.29, 0.717) is 18.1 Å². The molecule has 1 amide bonds. The molecule has 1 heterocycles. The zero-order valence-corrected chi connectivity index (χ0v) is 12.3. The second-order valence-electron chi connectivity index (χ2n) is 5.80. The molecule has 3 rings (SSSR count). The van der Waals surface area contributed by atoms with E-state index in [1.54, 1.807) is 0 Å². The van der Waals surface area contributed by atoms with Crippen LogP contribution in [0.3, 0.4) is 0 Å². The average molecular weight is 301 g/mol. The highest BCUT2D eigenvalue weighted by molar-refractivity contribution is 5.91. The maximum Gasteiger partial charge on any atom is 0.232 e. The van der Waals surface area contributed by atoms with Crippen molar-refractivity contribution in [2.75, 3.05) is 5.32 Å². The van der Waals surface area contributed by atoms with Gasteiger partial charge in [0.1, 0.15) is 0 Å². The van der Waals surface area contributed by atoms with Gasteiger partial charge in [-0.05, 0) is 25.0 Å². The van der Waals surface area contributed by atoms with Crippen molar-refractivity contribution >= 4 is 11.6 Å². The number of aliphatic hydroxyl groups is 1. The Morgan fingerprint density at radius 2 is 2.00 bits per heavy atom. The normalized spacial score (nSPS) is 16.6. The predicted molar refractivity (Wildman–Crippen MR) is 80.2 cm³/mol. The van der Waals surface area contributed by atoms with Gasteiger partial charge in [-0.15, -0.1) is 0 Å². The first kappa shape index (κ1) is 14.7. The summed E-state index contributed by atoms with van der Waals surface area (Å²) in [6.07, 6.45) is 3.99. The van der Waals surface area contributed by atoms with Gasteiger partial charge in [-0.2, -0.15) is 4.98 Å². The van der Waals surface area contributed by atoms with Crippen LogP contribution in [-0.4, -0.2) is 26.8 Å². The molecule has 6 nitrogen and oxygen atoms in total. The summed E-state index contributed by atoms with van der Waals surface area (Å²) >= 11 is 0. The van der Waals surface area contributed by atoms with Crippen molar-refractivity contribution in [3.05, 3.63) is 42.0 Å².